The van der Waals surface area contributed by atoms with Crippen molar-refractivity contribution in [1.82, 2.24) is 0 Å². The topological polar surface area (TPSA) is 50.1 Å². The fourth-order valence-electron chi connectivity index (χ4n) is 2.95. The standard InChI is InChI=1S/C20H22FNO2/c21-18-11-9-17(10-12-18)20(23)24-19-13-7-16(8-14-19)6-4-2-1-3-5-15-22/h1-3,5,9-12,16,19H,4,6-8,13-14H2/t16-,19-. The number of esters is 1. The van der Waals surface area contributed by atoms with Gasteiger partial charge in [-0.2, -0.15) is 5.26 Å². The van der Waals surface area contributed by atoms with E-state index in [1.165, 1.54) is 30.3 Å². The highest BCUT2D eigenvalue weighted by Crippen LogP contribution is 2.30. The summed E-state index contributed by atoms with van der Waals surface area (Å²) in [5.74, 6) is -0.0646. The maximum absolute atomic E-state index is 12.9. The minimum absolute atomic E-state index is 0.0343. The minimum Gasteiger partial charge on any atom is -0.459 e. The van der Waals surface area contributed by atoms with Crippen LogP contribution >= 0.6 is 0 Å². The summed E-state index contributed by atoms with van der Waals surface area (Å²) >= 11 is 0. The molecule has 0 amide bonds. The minimum atomic E-state index is -0.370. The molecule has 0 saturated heterocycles. The van der Waals surface area contributed by atoms with Gasteiger partial charge in [-0.1, -0.05) is 18.2 Å². The second-order valence-electron chi connectivity index (χ2n) is 6.05. The first-order valence-corrected chi connectivity index (χ1v) is 8.37. The molecule has 1 aromatic rings. The molecule has 0 heterocycles. The van der Waals surface area contributed by atoms with Gasteiger partial charge >= 0.3 is 5.97 Å². The zero-order chi connectivity index (χ0) is 17.2. The van der Waals surface area contributed by atoms with Crippen molar-refractivity contribution in [2.45, 2.75) is 44.6 Å². The maximum atomic E-state index is 12.9. The summed E-state index contributed by atoms with van der Waals surface area (Å²) in [6, 6.07) is 7.40. The summed E-state index contributed by atoms with van der Waals surface area (Å²) in [5.41, 5.74) is 0.397. The largest absolute Gasteiger partial charge is 0.459 e. The van der Waals surface area contributed by atoms with Gasteiger partial charge in [0.15, 0.2) is 0 Å². The number of nitrogens with zero attached hydrogens (tertiary/aromatic N) is 1. The van der Waals surface area contributed by atoms with E-state index >= 15 is 0 Å². The lowest BCUT2D eigenvalue weighted by Gasteiger charge is -2.28. The monoisotopic (exact) mass is 327 g/mol. The summed E-state index contributed by atoms with van der Waals surface area (Å²) in [6.45, 7) is 0. The lowest BCUT2D eigenvalue weighted by molar-refractivity contribution is 0.0162. The van der Waals surface area contributed by atoms with Gasteiger partial charge in [0.2, 0.25) is 0 Å². The first kappa shape index (κ1) is 17.9. The second kappa shape index (κ2) is 9.67. The van der Waals surface area contributed by atoms with Crippen molar-refractivity contribution >= 4 is 5.97 Å². The molecule has 0 spiro atoms. The number of benzene rings is 1. The van der Waals surface area contributed by atoms with Crippen LogP contribution in [0.1, 0.15) is 48.9 Å². The van der Waals surface area contributed by atoms with Crippen LogP contribution in [0.3, 0.4) is 0 Å². The Bertz CT molecular complexity index is 620. The molecule has 1 aliphatic carbocycles. The normalized spacial score (nSPS) is 21.0. The molecule has 1 aliphatic rings. The first-order chi connectivity index (χ1) is 11.7. The smallest absolute Gasteiger partial charge is 0.338 e. The third kappa shape index (κ3) is 6.00. The third-order valence-corrected chi connectivity index (χ3v) is 4.31. The average Bonchev–Trinajstić information content (AvgIpc) is 2.60. The molecule has 0 N–H and O–H groups in total. The molecule has 0 aliphatic heterocycles. The molecule has 1 saturated carbocycles. The number of hydrogen-bond donors (Lipinski definition) is 0. The van der Waals surface area contributed by atoms with Gasteiger partial charge in [0.25, 0.3) is 0 Å². The number of ether oxygens (including phenoxy) is 1. The van der Waals surface area contributed by atoms with E-state index in [4.69, 9.17) is 10.00 Å². The molecule has 24 heavy (non-hydrogen) atoms. The summed E-state index contributed by atoms with van der Waals surface area (Å²) < 4.78 is 18.4. The van der Waals surface area contributed by atoms with Crippen LogP contribution in [0.5, 0.6) is 0 Å². The number of nitriles is 1. The predicted octanol–water partition coefficient (Wildman–Crippen LogP) is 4.96. The zero-order valence-electron chi connectivity index (χ0n) is 13.7. The highest BCUT2D eigenvalue weighted by atomic mass is 19.1. The number of halogens is 1. The quantitative estimate of drug-likeness (QED) is 0.421. The van der Waals surface area contributed by atoms with E-state index in [1.54, 1.807) is 6.08 Å². The average molecular weight is 327 g/mol. The van der Waals surface area contributed by atoms with Crippen molar-refractivity contribution in [2.75, 3.05) is 0 Å². The van der Waals surface area contributed by atoms with E-state index in [9.17, 15) is 9.18 Å². The molecule has 126 valence electrons. The highest BCUT2D eigenvalue weighted by Gasteiger charge is 2.23. The van der Waals surface area contributed by atoms with E-state index in [0.29, 0.717) is 11.5 Å². The Morgan fingerprint density at radius 1 is 1.21 bits per heavy atom. The summed E-state index contributed by atoms with van der Waals surface area (Å²) in [6.07, 6.45) is 13.2. The van der Waals surface area contributed by atoms with Crippen LogP contribution in [0.4, 0.5) is 4.39 Å². The van der Waals surface area contributed by atoms with Crippen molar-refractivity contribution in [1.29, 1.82) is 5.26 Å². The second-order valence-corrected chi connectivity index (χ2v) is 6.05. The van der Waals surface area contributed by atoms with Gasteiger partial charge in [-0.3, -0.25) is 0 Å². The van der Waals surface area contributed by atoms with Gasteiger partial charge in [-0.05, 0) is 68.7 Å². The Balaban J connectivity index is 1.68. The molecule has 0 unspecified atom stereocenters. The number of carbonyl (C=O) groups excluding carboxylic acids is 1. The van der Waals surface area contributed by atoms with Crippen molar-refractivity contribution in [2.24, 2.45) is 5.92 Å². The van der Waals surface area contributed by atoms with Gasteiger partial charge in [0.1, 0.15) is 11.9 Å². The van der Waals surface area contributed by atoms with Crippen molar-refractivity contribution < 1.29 is 13.9 Å². The van der Waals surface area contributed by atoms with Crippen LogP contribution in [-0.4, -0.2) is 12.1 Å². The Hall–Kier alpha value is -2.41. The van der Waals surface area contributed by atoms with Crippen molar-refractivity contribution in [3.05, 3.63) is 60.0 Å². The SMILES string of the molecule is N#CC=CC=CCC[C@H]1CC[C@H](OC(=O)c2ccc(F)cc2)CC1. The number of carbonyl (C=O) groups is 1. The van der Waals surface area contributed by atoms with Crippen LogP contribution in [0.25, 0.3) is 0 Å². The molecular weight excluding hydrogens is 305 g/mol. The van der Waals surface area contributed by atoms with Gasteiger partial charge in [-0.25, -0.2) is 9.18 Å². The molecule has 2 rings (SSSR count). The number of hydrogen-bond acceptors (Lipinski definition) is 3. The Labute approximate surface area is 142 Å². The van der Waals surface area contributed by atoms with Crippen molar-refractivity contribution in [3.63, 3.8) is 0 Å². The molecule has 1 fully saturated rings. The lowest BCUT2D eigenvalue weighted by atomic mass is 9.84. The van der Waals surface area contributed by atoms with E-state index in [1.807, 2.05) is 12.1 Å². The molecule has 0 radical (unpaired) electrons. The Morgan fingerprint density at radius 2 is 1.92 bits per heavy atom. The predicted molar refractivity (Wildman–Crippen MR) is 90.7 cm³/mol. The Morgan fingerprint density at radius 3 is 2.58 bits per heavy atom. The fraction of sp³-hybridized carbons (Fsp3) is 0.400. The van der Waals surface area contributed by atoms with Crippen LogP contribution in [0.2, 0.25) is 0 Å². The molecule has 1 aromatic carbocycles. The van der Waals surface area contributed by atoms with E-state index in [2.05, 4.69) is 6.08 Å². The summed E-state index contributed by atoms with van der Waals surface area (Å²) in [7, 11) is 0. The lowest BCUT2D eigenvalue weighted by Crippen LogP contribution is -2.24. The van der Waals surface area contributed by atoms with Crippen LogP contribution in [0.15, 0.2) is 48.6 Å². The van der Waals surface area contributed by atoms with Crippen LogP contribution in [0, 0.1) is 23.1 Å². The number of rotatable bonds is 6. The molecule has 4 heteroatoms. The maximum Gasteiger partial charge on any atom is 0.338 e. The molecule has 0 bridgehead atoms. The van der Waals surface area contributed by atoms with Crippen LogP contribution < -0.4 is 0 Å². The molecular formula is C20H22FNO2. The summed E-state index contributed by atoms with van der Waals surface area (Å²) in [5, 5.41) is 8.38. The van der Waals surface area contributed by atoms with Crippen molar-refractivity contribution in [3.8, 4) is 6.07 Å². The van der Waals surface area contributed by atoms with E-state index in [0.717, 1.165) is 38.5 Å². The highest BCUT2D eigenvalue weighted by molar-refractivity contribution is 5.89. The van der Waals surface area contributed by atoms with Gasteiger partial charge in [-0.15, -0.1) is 0 Å². The zero-order valence-corrected chi connectivity index (χ0v) is 13.7. The molecule has 0 atom stereocenters. The number of allylic oxidation sites excluding steroid dienone is 4. The Kier molecular flexibility index (Phi) is 7.22. The van der Waals surface area contributed by atoms with Gasteiger partial charge < -0.3 is 4.74 Å². The van der Waals surface area contributed by atoms with E-state index in [-0.39, 0.29) is 17.9 Å². The fourth-order valence-corrected chi connectivity index (χ4v) is 2.95. The van der Waals surface area contributed by atoms with Crippen LogP contribution in [-0.2, 0) is 4.74 Å². The molecule has 3 nitrogen and oxygen atoms in total. The first-order valence-electron chi connectivity index (χ1n) is 8.37. The van der Waals surface area contributed by atoms with Gasteiger partial charge in [0, 0.05) is 6.08 Å². The third-order valence-electron chi connectivity index (χ3n) is 4.31. The molecule has 0 aromatic heterocycles. The van der Waals surface area contributed by atoms with Gasteiger partial charge in [0.05, 0.1) is 11.6 Å². The van der Waals surface area contributed by atoms with E-state index < -0.39 is 0 Å². The summed E-state index contributed by atoms with van der Waals surface area (Å²) in [4.78, 5) is 12.0.